The molecule has 0 unspecified atom stereocenters. The van der Waals surface area contributed by atoms with Gasteiger partial charge in [-0.1, -0.05) is 60.4 Å². The summed E-state index contributed by atoms with van der Waals surface area (Å²) in [5.41, 5.74) is -0.0151. The molecule has 0 aliphatic heterocycles. The van der Waals surface area contributed by atoms with Gasteiger partial charge in [0.15, 0.2) is 0 Å². The maximum Gasteiger partial charge on any atom is 0.0638 e. The number of benzene rings is 3. The second-order valence-corrected chi connectivity index (χ2v) is 5.28. The molecule has 0 aliphatic carbocycles. The highest BCUT2D eigenvalue weighted by molar-refractivity contribution is 7.26. The molecule has 0 saturated heterocycles. The smallest absolute Gasteiger partial charge is 0.0638 e. The Morgan fingerprint density at radius 1 is 0.850 bits per heavy atom. The van der Waals surface area contributed by atoms with Crippen molar-refractivity contribution < 1.29 is 15.1 Å². The third kappa shape index (κ3) is 1.67. The Morgan fingerprint density at radius 3 is 2.50 bits per heavy atom. The summed E-state index contributed by atoms with van der Waals surface area (Å²) in [6.45, 7) is 1.61. The molecule has 4 rings (SSSR count). The van der Waals surface area contributed by atoms with E-state index in [1.807, 2.05) is 0 Å². The van der Waals surface area contributed by atoms with Gasteiger partial charge in [0.1, 0.15) is 0 Å². The molecule has 96 valence electrons. The van der Waals surface area contributed by atoms with Crippen LogP contribution in [0.3, 0.4) is 0 Å². The van der Waals surface area contributed by atoms with Crippen LogP contribution in [0.1, 0.15) is 20.6 Å². The first-order valence-electron chi connectivity index (χ1n) is 11.4. The molecule has 1 heteroatoms. The van der Waals surface area contributed by atoms with Gasteiger partial charge in [-0.2, -0.15) is 0 Å². The van der Waals surface area contributed by atoms with E-state index >= 15 is 0 Å². The molecule has 0 nitrogen and oxygen atoms in total. The molecule has 0 spiro atoms. The van der Waals surface area contributed by atoms with E-state index in [4.69, 9.17) is 15.1 Å². The summed E-state index contributed by atoms with van der Waals surface area (Å²) in [5, 5.41) is 0.313. The second kappa shape index (κ2) is 4.46. The van der Waals surface area contributed by atoms with E-state index in [1.54, 1.807) is 6.92 Å². The van der Waals surface area contributed by atoms with Crippen LogP contribution >= 0.6 is 11.3 Å². The predicted octanol–water partition coefficient (Wildman–Crippen LogP) is 6.03. The van der Waals surface area contributed by atoms with E-state index in [-0.39, 0.29) is 50.8 Å². The second-order valence-electron chi connectivity index (χ2n) is 4.26. The highest BCUT2D eigenvalue weighted by atomic mass is 32.1. The van der Waals surface area contributed by atoms with Gasteiger partial charge in [0.25, 0.3) is 0 Å². The summed E-state index contributed by atoms with van der Waals surface area (Å²) in [7, 11) is 0. The van der Waals surface area contributed by atoms with Gasteiger partial charge in [0.2, 0.25) is 0 Å². The third-order valence-corrected chi connectivity index (χ3v) is 4.27. The minimum Gasteiger partial charge on any atom is -0.135 e. The van der Waals surface area contributed by atoms with Crippen molar-refractivity contribution in [2.75, 3.05) is 0 Å². The Morgan fingerprint density at radius 2 is 1.65 bits per heavy atom. The van der Waals surface area contributed by atoms with Gasteiger partial charge >= 0.3 is 0 Å². The number of fused-ring (bicyclic) bond motifs is 3. The standard InChI is InChI=1S/C19H14S/c1-13-7-5-11-16-18-15(14-8-3-2-4-9-14)10-6-12-17(18)20-19(13)16/h2-12H,1H3/i2D,3D,4D,5D,6D,7D,8D,9D,10D,11D,12D. The van der Waals surface area contributed by atoms with Crippen LogP contribution in [0.15, 0.2) is 66.5 Å². The number of thiophene rings is 1. The average molecular weight is 285 g/mol. The molecular weight excluding hydrogens is 260 g/mol. The normalized spacial score (nSPS) is 18.9. The van der Waals surface area contributed by atoms with Crippen LogP contribution in [0, 0.1) is 6.92 Å². The molecule has 0 amide bonds. The maximum atomic E-state index is 8.49. The van der Waals surface area contributed by atoms with Crippen molar-refractivity contribution in [2.24, 2.45) is 0 Å². The summed E-state index contributed by atoms with van der Waals surface area (Å²) in [5.74, 6) is 0. The SMILES string of the molecule is [2H]c1c([2H])c([2H])c(-c2c([2H])c([2H])c([2H])c3sc4c(C)c([2H])c([2H])c([2H])c4c23)c([2H])c1[2H]. The fourth-order valence-corrected chi connectivity index (χ4v) is 3.23. The van der Waals surface area contributed by atoms with Gasteiger partial charge in [0.05, 0.1) is 15.1 Å². The highest BCUT2D eigenvalue weighted by Crippen LogP contribution is 2.40. The molecule has 4 aromatic rings. The molecular formula is C19H14S. The lowest BCUT2D eigenvalue weighted by molar-refractivity contribution is 1.56. The zero-order valence-electron chi connectivity index (χ0n) is 21.4. The number of hydrogen-bond acceptors (Lipinski definition) is 1. The zero-order valence-corrected chi connectivity index (χ0v) is 11.2. The molecule has 0 radical (unpaired) electrons. The van der Waals surface area contributed by atoms with Crippen LogP contribution in [0.5, 0.6) is 0 Å². The van der Waals surface area contributed by atoms with Gasteiger partial charge in [0, 0.05) is 20.2 Å². The largest absolute Gasteiger partial charge is 0.135 e. The quantitative estimate of drug-likeness (QED) is 0.400. The molecule has 0 bridgehead atoms. The van der Waals surface area contributed by atoms with Crippen LogP contribution in [-0.2, 0) is 0 Å². The van der Waals surface area contributed by atoms with Crippen molar-refractivity contribution >= 4 is 31.5 Å². The lowest BCUT2D eigenvalue weighted by atomic mass is 9.99. The zero-order chi connectivity index (χ0) is 23.1. The molecule has 1 aromatic heterocycles. The summed E-state index contributed by atoms with van der Waals surface area (Å²) >= 11 is 1.04. The Balaban J connectivity index is 2.40. The van der Waals surface area contributed by atoms with Crippen LogP contribution in [0.25, 0.3) is 31.3 Å². The Kier molecular flexibility index (Phi) is 1.12. The van der Waals surface area contributed by atoms with E-state index in [2.05, 4.69) is 0 Å². The monoisotopic (exact) mass is 285 g/mol. The Hall–Kier alpha value is -2.12. The molecule has 1 heterocycles. The fourth-order valence-electron chi connectivity index (χ4n) is 2.16. The van der Waals surface area contributed by atoms with Gasteiger partial charge in [-0.3, -0.25) is 0 Å². The molecule has 0 saturated carbocycles. The van der Waals surface area contributed by atoms with Crippen molar-refractivity contribution in [2.45, 2.75) is 6.92 Å². The van der Waals surface area contributed by atoms with Crippen molar-refractivity contribution in [3.63, 3.8) is 0 Å². The summed E-state index contributed by atoms with van der Waals surface area (Å²) < 4.78 is 90.8. The molecule has 20 heavy (non-hydrogen) atoms. The average Bonchev–Trinajstić information content (AvgIpc) is 3.14. The number of aryl methyl sites for hydroxylation is 1. The van der Waals surface area contributed by atoms with Crippen LogP contribution < -0.4 is 0 Å². The van der Waals surface area contributed by atoms with Crippen LogP contribution in [0.2, 0.25) is 0 Å². The fraction of sp³-hybridized carbons (Fsp3) is 0.0526. The van der Waals surface area contributed by atoms with E-state index < -0.39 is 42.3 Å². The summed E-state index contributed by atoms with van der Waals surface area (Å²) in [6, 6.07) is -4.92. The molecule has 0 atom stereocenters. The van der Waals surface area contributed by atoms with E-state index in [1.165, 1.54) is 0 Å². The maximum absolute atomic E-state index is 8.49. The van der Waals surface area contributed by atoms with Crippen molar-refractivity contribution in [1.82, 2.24) is 0 Å². The van der Waals surface area contributed by atoms with Gasteiger partial charge < -0.3 is 0 Å². The predicted molar refractivity (Wildman–Crippen MR) is 89.5 cm³/mol. The third-order valence-electron chi connectivity index (χ3n) is 3.05. The van der Waals surface area contributed by atoms with E-state index in [0.717, 1.165) is 11.3 Å². The molecule has 0 N–H and O–H groups in total. The van der Waals surface area contributed by atoms with E-state index in [0.29, 0.717) is 10.3 Å². The highest BCUT2D eigenvalue weighted by Gasteiger charge is 2.11. The van der Waals surface area contributed by atoms with Crippen molar-refractivity contribution in [3.8, 4) is 11.1 Å². The first-order valence-corrected chi connectivity index (χ1v) is 6.72. The Labute approximate surface area is 137 Å². The summed E-state index contributed by atoms with van der Waals surface area (Å²) in [6.07, 6.45) is 0. The van der Waals surface area contributed by atoms with Gasteiger partial charge in [-0.05, 0) is 29.7 Å². The first kappa shape index (κ1) is 5.01. The molecule has 0 aliphatic rings. The first-order chi connectivity index (χ1) is 14.4. The van der Waals surface area contributed by atoms with Crippen molar-refractivity contribution in [3.05, 3.63) is 72.0 Å². The number of rotatable bonds is 1. The van der Waals surface area contributed by atoms with Crippen molar-refractivity contribution in [1.29, 1.82) is 0 Å². The van der Waals surface area contributed by atoms with E-state index in [9.17, 15) is 0 Å². The molecule has 3 aromatic carbocycles. The van der Waals surface area contributed by atoms with Gasteiger partial charge in [-0.25, -0.2) is 0 Å². The lowest BCUT2D eigenvalue weighted by Crippen LogP contribution is -1.78. The number of hydrogen-bond donors (Lipinski definition) is 0. The topological polar surface area (TPSA) is 0 Å². The van der Waals surface area contributed by atoms with Crippen LogP contribution in [-0.4, -0.2) is 0 Å². The minimum absolute atomic E-state index is 0.131. The molecule has 0 fully saturated rings. The van der Waals surface area contributed by atoms with Crippen LogP contribution in [0.4, 0.5) is 0 Å². The minimum atomic E-state index is -0.596. The Bertz CT molecular complexity index is 1420. The lowest BCUT2D eigenvalue weighted by Gasteiger charge is -2.04. The summed E-state index contributed by atoms with van der Waals surface area (Å²) in [4.78, 5) is 0. The van der Waals surface area contributed by atoms with Gasteiger partial charge in [-0.15, -0.1) is 11.3 Å².